The highest BCUT2D eigenvalue weighted by atomic mass is 32.3. The molecule has 0 aliphatic rings. The molecule has 0 rings (SSSR count). The van der Waals surface area contributed by atoms with Crippen molar-refractivity contribution in [3.05, 3.63) is 0 Å². The zero-order valence-electron chi connectivity index (χ0n) is 12.4. The Balaban J connectivity index is 0. The molecule has 0 aromatic carbocycles. The molecule has 0 radical (unpaired) electrons. The molecule has 0 aromatic heterocycles. The lowest BCUT2D eigenvalue weighted by atomic mass is 10.4. The Morgan fingerprint density at radius 2 is 1.24 bits per heavy atom. The minimum absolute atomic E-state index is 0.0972. The summed E-state index contributed by atoms with van der Waals surface area (Å²) in [6, 6.07) is 0. The number of aliphatic hydroxyl groups excluding tert-OH is 1. The lowest BCUT2D eigenvalue weighted by Gasteiger charge is -2.05. The molecule has 0 saturated heterocycles. The topological polar surface area (TPSA) is 142 Å². The fraction of sp³-hybridized carbons (Fsp3) is 1.00. The Bertz CT molecular complexity index is 380. The fourth-order valence-electron chi connectivity index (χ4n) is 0.752. The highest BCUT2D eigenvalue weighted by molar-refractivity contribution is 7.95. The minimum atomic E-state index is -4.56. The first-order valence-corrected chi connectivity index (χ1v) is 9.22. The van der Waals surface area contributed by atoms with Gasteiger partial charge in [0.2, 0.25) is 0 Å². The van der Waals surface area contributed by atoms with Crippen LogP contribution >= 0.6 is 0 Å². The second-order valence-corrected chi connectivity index (χ2v) is 6.40. The molecule has 0 amide bonds. The first-order chi connectivity index (χ1) is 9.74. The summed E-state index contributed by atoms with van der Waals surface area (Å²) in [6.45, 7) is 3.90. The van der Waals surface area contributed by atoms with E-state index in [1.165, 1.54) is 0 Å². The summed E-state index contributed by atoms with van der Waals surface area (Å²) in [5, 5.41) is 7.75. The molecule has 0 fully saturated rings. The minimum Gasteiger partial charge on any atom is -0.395 e. The largest absolute Gasteiger partial charge is 0.416 e. The molecule has 9 nitrogen and oxygen atoms in total. The molecule has 21 heavy (non-hydrogen) atoms. The number of hydrogen-bond acceptors (Lipinski definition) is 9. The van der Waals surface area contributed by atoms with Crippen LogP contribution in [0.4, 0.5) is 0 Å². The van der Waals surface area contributed by atoms with Gasteiger partial charge in [-0.15, -0.1) is 3.63 Å². The van der Waals surface area contributed by atoms with E-state index >= 15 is 0 Å². The first-order valence-electron chi connectivity index (χ1n) is 6.55. The van der Waals surface area contributed by atoms with Gasteiger partial charge in [0, 0.05) is 6.54 Å². The van der Waals surface area contributed by atoms with E-state index in [2.05, 4.69) is 12.0 Å². The molecular formula is C10H25NO8S2. The van der Waals surface area contributed by atoms with Gasteiger partial charge in [0.05, 0.1) is 19.8 Å². The number of unbranched alkanes of at least 4 members (excludes halogenated alkanes) is 2. The van der Waals surface area contributed by atoms with Crippen LogP contribution in [0.2, 0.25) is 0 Å². The van der Waals surface area contributed by atoms with Gasteiger partial charge in [-0.1, -0.05) is 26.7 Å². The summed E-state index contributed by atoms with van der Waals surface area (Å²) < 4.78 is 56.6. The lowest BCUT2D eigenvalue weighted by Crippen LogP contribution is -2.19. The molecule has 0 unspecified atom stereocenters. The summed E-state index contributed by atoms with van der Waals surface area (Å²) >= 11 is 0. The van der Waals surface area contributed by atoms with Crippen molar-refractivity contribution in [1.82, 2.24) is 0 Å². The van der Waals surface area contributed by atoms with Gasteiger partial charge in [0.1, 0.15) is 0 Å². The smallest absolute Gasteiger partial charge is 0.395 e. The average Bonchev–Trinajstić information content (AvgIpc) is 2.38. The monoisotopic (exact) mass is 351 g/mol. The predicted octanol–water partition coefficient (Wildman–Crippen LogP) is 0.0634. The van der Waals surface area contributed by atoms with Crippen molar-refractivity contribution in [2.24, 2.45) is 5.73 Å². The Labute approximate surface area is 127 Å². The van der Waals surface area contributed by atoms with Crippen LogP contribution in [0.5, 0.6) is 0 Å². The van der Waals surface area contributed by atoms with Crippen molar-refractivity contribution in [2.75, 3.05) is 26.4 Å². The van der Waals surface area contributed by atoms with Gasteiger partial charge in [0.15, 0.2) is 0 Å². The van der Waals surface area contributed by atoms with Crippen molar-refractivity contribution < 1.29 is 33.9 Å². The Hall–Kier alpha value is -0.300. The summed E-state index contributed by atoms with van der Waals surface area (Å²) in [4.78, 5) is 0. The third-order valence-corrected chi connectivity index (χ3v) is 3.99. The highest BCUT2D eigenvalue weighted by Gasteiger charge is 2.24. The normalized spacial score (nSPS) is 11.8. The van der Waals surface area contributed by atoms with Gasteiger partial charge in [-0.2, -0.15) is 16.8 Å². The Morgan fingerprint density at radius 1 is 0.905 bits per heavy atom. The van der Waals surface area contributed by atoms with Crippen LogP contribution in [0.1, 0.15) is 39.5 Å². The van der Waals surface area contributed by atoms with Gasteiger partial charge < -0.3 is 10.8 Å². The maximum atomic E-state index is 11.1. The fourth-order valence-corrected chi connectivity index (χ4v) is 2.53. The summed E-state index contributed by atoms with van der Waals surface area (Å²) in [5.41, 5.74) is 4.78. The molecule has 0 aliphatic carbocycles. The maximum absolute atomic E-state index is 11.1. The average molecular weight is 351 g/mol. The van der Waals surface area contributed by atoms with Crippen molar-refractivity contribution in [1.29, 1.82) is 0 Å². The van der Waals surface area contributed by atoms with Crippen LogP contribution < -0.4 is 5.73 Å². The molecular weight excluding hydrogens is 326 g/mol. The van der Waals surface area contributed by atoms with Gasteiger partial charge in [-0.25, -0.2) is 8.37 Å². The molecule has 0 aromatic rings. The van der Waals surface area contributed by atoms with E-state index in [-0.39, 0.29) is 19.8 Å². The zero-order chi connectivity index (χ0) is 16.8. The zero-order valence-corrected chi connectivity index (χ0v) is 14.0. The maximum Gasteiger partial charge on any atom is 0.416 e. The molecule has 0 atom stereocenters. The van der Waals surface area contributed by atoms with Gasteiger partial charge in [-0.3, -0.25) is 0 Å². The number of rotatable bonds is 11. The van der Waals surface area contributed by atoms with Crippen molar-refractivity contribution in [3.8, 4) is 0 Å². The van der Waals surface area contributed by atoms with Crippen LogP contribution in [0.25, 0.3) is 0 Å². The molecule has 11 heteroatoms. The van der Waals surface area contributed by atoms with Gasteiger partial charge in [0.25, 0.3) is 0 Å². The van der Waals surface area contributed by atoms with Crippen molar-refractivity contribution >= 4 is 20.8 Å². The van der Waals surface area contributed by atoms with Gasteiger partial charge >= 0.3 is 20.8 Å². The van der Waals surface area contributed by atoms with E-state index in [9.17, 15) is 16.8 Å². The SMILES string of the molecule is CCCCOS(=O)(=O)OS(=O)(=O)OCCCC.NCCO. The van der Waals surface area contributed by atoms with Crippen LogP contribution in [0, 0.1) is 0 Å². The molecule has 130 valence electrons. The molecule has 0 saturated carbocycles. The quantitative estimate of drug-likeness (QED) is 0.494. The molecule has 0 bridgehead atoms. The van der Waals surface area contributed by atoms with Crippen molar-refractivity contribution in [3.63, 3.8) is 0 Å². The summed E-state index contributed by atoms with van der Waals surface area (Å²) in [5.74, 6) is 0. The predicted molar refractivity (Wildman–Crippen MR) is 76.8 cm³/mol. The molecule has 0 heterocycles. The number of hydrogen-bond donors (Lipinski definition) is 2. The standard InChI is InChI=1S/C8H18O7S2.C2H7NO/c1-3-5-7-13-16(9,10)15-17(11,12)14-8-6-4-2;3-1-2-4/h3-8H2,1-2H3;4H,1-3H2. The second kappa shape index (κ2) is 13.4. The Morgan fingerprint density at radius 3 is 1.48 bits per heavy atom. The summed E-state index contributed by atoms with van der Waals surface area (Å²) in [7, 11) is -9.12. The number of nitrogens with two attached hydrogens (primary N) is 1. The van der Waals surface area contributed by atoms with E-state index in [4.69, 9.17) is 10.8 Å². The third kappa shape index (κ3) is 17.6. The summed E-state index contributed by atoms with van der Waals surface area (Å²) in [6.07, 6.45) is 2.41. The van der Waals surface area contributed by atoms with Crippen LogP contribution in [-0.4, -0.2) is 48.3 Å². The first kappa shape index (κ1) is 23.0. The number of aliphatic hydroxyl groups is 1. The Kier molecular flexibility index (Phi) is 14.6. The molecule has 3 N–H and O–H groups in total. The van der Waals surface area contributed by atoms with E-state index < -0.39 is 20.8 Å². The van der Waals surface area contributed by atoms with Crippen molar-refractivity contribution in [2.45, 2.75) is 39.5 Å². The van der Waals surface area contributed by atoms with Crippen LogP contribution in [0.3, 0.4) is 0 Å². The van der Waals surface area contributed by atoms with E-state index in [0.29, 0.717) is 19.4 Å². The van der Waals surface area contributed by atoms with Crippen LogP contribution in [0.15, 0.2) is 0 Å². The highest BCUT2D eigenvalue weighted by Crippen LogP contribution is 2.07. The van der Waals surface area contributed by atoms with E-state index in [0.717, 1.165) is 12.8 Å². The second-order valence-electron chi connectivity index (χ2n) is 3.75. The van der Waals surface area contributed by atoms with Gasteiger partial charge in [-0.05, 0) is 12.8 Å². The van der Waals surface area contributed by atoms with E-state index in [1.807, 2.05) is 13.8 Å². The third-order valence-electron chi connectivity index (χ3n) is 1.75. The van der Waals surface area contributed by atoms with Crippen LogP contribution in [-0.2, 0) is 32.8 Å². The molecule has 0 spiro atoms. The lowest BCUT2D eigenvalue weighted by molar-refractivity contribution is 0.235. The van der Waals surface area contributed by atoms with E-state index in [1.54, 1.807) is 0 Å². The molecule has 0 aliphatic heterocycles.